The van der Waals surface area contributed by atoms with Gasteiger partial charge in [0.25, 0.3) is 0 Å². The fraction of sp³-hybridized carbons (Fsp3) is 0.929. The molecule has 0 aromatic carbocycles. The summed E-state index contributed by atoms with van der Waals surface area (Å²) in [6.07, 6.45) is 1.61. The Balaban J connectivity index is 3.44. The van der Waals surface area contributed by atoms with Crippen LogP contribution in [0.3, 0.4) is 0 Å². The fourth-order valence-electron chi connectivity index (χ4n) is 1.53. The van der Waals surface area contributed by atoms with Gasteiger partial charge in [0.1, 0.15) is 0 Å². The molecule has 2 N–H and O–H groups in total. The Morgan fingerprint density at radius 1 is 1.42 bits per heavy atom. The molecule has 0 spiro atoms. The Morgan fingerprint density at radius 2 is 2.11 bits per heavy atom. The van der Waals surface area contributed by atoms with Crippen LogP contribution >= 0.6 is 0 Å². The molecular weight excluding hydrogens is 244 g/mol. The minimum Gasteiger partial charge on any atom is -0.389 e. The molecule has 19 heavy (non-hydrogen) atoms. The van der Waals surface area contributed by atoms with Crippen LogP contribution in [0.5, 0.6) is 0 Å². The average molecular weight is 274 g/mol. The largest absolute Gasteiger partial charge is 0.389 e. The highest BCUT2D eigenvalue weighted by Crippen LogP contribution is 2.03. The van der Waals surface area contributed by atoms with E-state index in [1.54, 1.807) is 11.9 Å². The summed E-state index contributed by atoms with van der Waals surface area (Å²) in [6.45, 7) is 8.64. The highest BCUT2D eigenvalue weighted by Gasteiger charge is 2.08. The van der Waals surface area contributed by atoms with Crippen molar-refractivity contribution in [1.29, 1.82) is 0 Å². The number of aliphatic hydroxyl groups excluding tert-OH is 1. The number of amides is 1. The molecule has 0 saturated carbocycles. The van der Waals surface area contributed by atoms with E-state index >= 15 is 0 Å². The van der Waals surface area contributed by atoms with Gasteiger partial charge < -0.3 is 20.1 Å². The van der Waals surface area contributed by atoms with Crippen molar-refractivity contribution < 1.29 is 14.6 Å². The van der Waals surface area contributed by atoms with Crippen molar-refractivity contribution >= 4 is 5.91 Å². The molecule has 114 valence electrons. The molecule has 0 aliphatic carbocycles. The molecule has 0 aliphatic heterocycles. The lowest BCUT2D eigenvalue weighted by Crippen LogP contribution is -2.39. The van der Waals surface area contributed by atoms with E-state index < -0.39 is 6.10 Å². The molecule has 1 unspecified atom stereocenters. The van der Waals surface area contributed by atoms with Crippen molar-refractivity contribution in [3.8, 4) is 0 Å². The van der Waals surface area contributed by atoms with Gasteiger partial charge in [0.15, 0.2) is 0 Å². The second-order valence-corrected chi connectivity index (χ2v) is 5.30. The molecular formula is C14H30N2O3. The summed E-state index contributed by atoms with van der Waals surface area (Å²) in [5.74, 6) is 0.726. The van der Waals surface area contributed by atoms with Crippen LogP contribution in [0.4, 0.5) is 0 Å². The second kappa shape index (κ2) is 11.2. The Bertz CT molecular complexity index is 235. The average Bonchev–Trinajstić information content (AvgIpc) is 2.36. The van der Waals surface area contributed by atoms with Crippen LogP contribution in [0.15, 0.2) is 0 Å². The molecule has 0 bridgehead atoms. The molecule has 0 aliphatic rings. The van der Waals surface area contributed by atoms with E-state index in [4.69, 9.17) is 4.74 Å². The number of nitrogens with zero attached hydrogens (tertiary/aromatic N) is 1. The zero-order valence-corrected chi connectivity index (χ0v) is 12.8. The number of carbonyl (C=O) groups is 1. The maximum absolute atomic E-state index is 11.5. The van der Waals surface area contributed by atoms with Gasteiger partial charge in [-0.3, -0.25) is 4.79 Å². The quantitative estimate of drug-likeness (QED) is 0.549. The van der Waals surface area contributed by atoms with Gasteiger partial charge in [-0.25, -0.2) is 0 Å². The maximum atomic E-state index is 11.5. The Labute approximate surface area is 117 Å². The summed E-state index contributed by atoms with van der Waals surface area (Å²) in [7, 11) is 1.76. The third-order valence-electron chi connectivity index (χ3n) is 2.94. The summed E-state index contributed by atoms with van der Waals surface area (Å²) in [6, 6.07) is 0. The van der Waals surface area contributed by atoms with E-state index in [1.807, 2.05) is 6.92 Å². The van der Waals surface area contributed by atoms with E-state index in [0.717, 1.165) is 12.8 Å². The predicted molar refractivity (Wildman–Crippen MR) is 77.1 cm³/mol. The number of nitrogens with one attached hydrogen (secondary N) is 1. The van der Waals surface area contributed by atoms with E-state index in [0.29, 0.717) is 32.2 Å². The lowest BCUT2D eigenvalue weighted by Gasteiger charge is -2.16. The molecule has 1 amide bonds. The topological polar surface area (TPSA) is 61.8 Å². The van der Waals surface area contributed by atoms with Crippen LogP contribution in [0.1, 0.15) is 33.6 Å². The number of hydrogen-bond donors (Lipinski definition) is 2. The van der Waals surface area contributed by atoms with Gasteiger partial charge in [-0.2, -0.15) is 0 Å². The summed E-state index contributed by atoms with van der Waals surface area (Å²) in [4.78, 5) is 13.1. The van der Waals surface area contributed by atoms with Crippen LogP contribution in [-0.4, -0.2) is 61.9 Å². The van der Waals surface area contributed by atoms with Crippen LogP contribution in [0.2, 0.25) is 0 Å². The zero-order chi connectivity index (χ0) is 14.7. The third kappa shape index (κ3) is 10.9. The Hall–Kier alpha value is -0.650. The Morgan fingerprint density at radius 3 is 2.68 bits per heavy atom. The fourth-order valence-corrected chi connectivity index (χ4v) is 1.53. The van der Waals surface area contributed by atoms with E-state index in [-0.39, 0.29) is 12.5 Å². The van der Waals surface area contributed by atoms with Crippen LogP contribution < -0.4 is 5.32 Å². The molecule has 0 heterocycles. The Kier molecular flexibility index (Phi) is 10.8. The molecule has 5 heteroatoms. The normalized spacial score (nSPS) is 12.7. The minimum atomic E-state index is -0.557. The molecule has 0 saturated heterocycles. The minimum absolute atomic E-state index is 0.0348. The number of rotatable bonds is 11. The molecule has 0 fully saturated rings. The summed E-state index contributed by atoms with van der Waals surface area (Å²) >= 11 is 0. The molecule has 0 aromatic rings. The molecule has 1 atom stereocenters. The van der Waals surface area contributed by atoms with Gasteiger partial charge in [0.05, 0.1) is 19.3 Å². The molecule has 0 rings (SSSR count). The molecule has 5 nitrogen and oxygen atoms in total. The van der Waals surface area contributed by atoms with Gasteiger partial charge in [0.2, 0.25) is 5.91 Å². The van der Waals surface area contributed by atoms with Gasteiger partial charge in [-0.15, -0.1) is 0 Å². The first-order chi connectivity index (χ1) is 8.97. The molecule has 0 aromatic heterocycles. The van der Waals surface area contributed by atoms with Crippen molar-refractivity contribution in [3.05, 3.63) is 0 Å². The van der Waals surface area contributed by atoms with Crippen molar-refractivity contribution in [2.45, 2.75) is 39.7 Å². The summed E-state index contributed by atoms with van der Waals surface area (Å²) in [5, 5.41) is 12.6. The molecule has 0 radical (unpaired) electrons. The van der Waals surface area contributed by atoms with Crippen LogP contribution in [0, 0.1) is 5.92 Å². The van der Waals surface area contributed by atoms with E-state index in [2.05, 4.69) is 19.2 Å². The summed E-state index contributed by atoms with van der Waals surface area (Å²) < 4.78 is 5.39. The predicted octanol–water partition coefficient (Wildman–Crippen LogP) is 0.868. The van der Waals surface area contributed by atoms with E-state index in [1.165, 1.54) is 0 Å². The van der Waals surface area contributed by atoms with Gasteiger partial charge in [-0.1, -0.05) is 13.8 Å². The monoisotopic (exact) mass is 274 g/mol. The number of aliphatic hydroxyl groups is 1. The third-order valence-corrected chi connectivity index (χ3v) is 2.94. The van der Waals surface area contributed by atoms with Gasteiger partial charge in [0, 0.05) is 26.7 Å². The smallest absolute Gasteiger partial charge is 0.236 e. The van der Waals surface area contributed by atoms with Crippen LogP contribution in [0.25, 0.3) is 0 Å². The van der Waals surface area contributed by atoms with Crippen LogP contribution in [-0.2, 0) is 9.53 Å². The number of carbonyl (C=O) groups excluding carboxylic acids is 1. The first-order valence-corrected chi connectivity index (χ1v) is 7.17. The number of hydrogen-bond acceptors (Lipinski definition) is 4. The van der Waals surface area contributed by atoms with Gasteiger partial charge in [-0.05, 0) is 25.7 Å². The highest BCUT2D eigenvalue weighted by atomic mass is 16.5. The van der Waals surface area contributed by atoms with Crippen molar-refractivity contribution in [1.82, 2.24) is 10.2 Å². The standard InChI is InChI=1S/C14H30N2O3/c1-5-16(4)14(18)10-15-9-13(17)11-19-8-6-7-12(2)3/h12-13,15,17H,5-11H2,1-4H3. The lowest BCUT2D eigenvalue weighted by atomic mass is 10.1. The zero-order valence-electron chi connectivity index (χ0n) is 12.8. The van der Waals surface area contributed by atoms with Crippen molar-refractivity contribution in [2.24, 2.45) is 5.92 Å². The van der Waals surface area contributed by atoms with Gasteiger partial charge >= 0.3 is 0 Å². The summed E-state index contributed by atoms with van der Waals surface area (Å²) in [5.41, 5.74) is 0. The van der Waals surface area contributed by atoms with Crippen molar-refractivity contribution in [2.75, 3.05) is 39.9 Å². The second-order valence-electron chi connectivity index (χ2n) is 5.30. The first kappa shape index (κ1) is 18.4. The number of likely N-dealkylation sites (N-methyl/N-ethyl adjacent to an activating group) is 1. The SMILES string of the molecule is CCN(C)C(=O)CNCC(O)COCCCC(C)C. The maximum Gasteiger partial charge on any atom is 0.236 e. The highest BCUT2D eigenvalue weighted by molar-refractivity contribution is 5.77. The number of ether oxygens (including phenoxy) is 1. The lowest BCUT2D eigenvalue weighted by molar-refractivity contribution is -0.128. The first-order valence-electron chi connectivity index (χ1n) is 7.17. The van der Waals surface area contributed by atoms with E-state index in [9.17, 15) is 9.90 Å². The van der Waals surface area contributed by atoms with Crippen molar-refractivity contribution in [3.63, 3.8) is 0 Å².